The van der Waals surface area contributed by atoms with Crippen molar-refractivity contribution >= 4 is 5.91 Å². The lowest BCUT2D eigenvalue weighted by Gasteiger charge is -2.14. The topological polar surface area (TPSA) is 46.1 Å². The summed E-state index contributed by atoms with van der Waals surface area (Å²) < 4.78 is 0. The van der Waals surface area contributed by atoms with E-state index in [4.69, 9.17) is 0 Å². The van der Waals surface area contributed by atoms with E-state index in [9.17, 15) is 4.79 Å². The Kier molecular flexibility index (Phi) is 3.90. The van der Waals surface area contributed by atoms with Gasteiger partial charge in [0.1, 0.15) is 5.82 Å². The van der Waals surface area contributed by atoms with Crippen molar-refractivity contribution in [3.63, 3.8) is 0 Å². The number of carbonyl (C=O) groups is 1. The summed E-state index contributed by atoms with van der Waals surface area (Å²) in [5.74, 6) is 0.663. The third kappa shape index (κ3) is 2.78. The van der Waals surface area contributed by atoms with Gasteiger partial charge in [0.2, 0.25) is 0 Å². The van der Waals surface area contributed by atoms with Crippen molar-refractivity contribution in [3.05, 3.63) is 47.9 Å². The van der Waals surface area contributed by atoms with Crippen molar-refractivity contribution in [1.29, 1.82) is 0 Å². The molecule has 4 nitrogen and oxygen atoms in total. The lowest BCUT2D eigenvalue weighted by molar-refractivity contribution is 0.0827. The Morgan fingerprint density at radius 1 is 1.21 bits per heavy atom. The second kappa shape index (κ2) is 5.61. The van der Waals surface area contributed by atoms with Gasteiger partial charge < -0.3 is 4.90 Å². The maximum Gasteiger partial charge on any atom is 0.257 e. The van der Waals surface area contributed by atoms with Gasteiger partial charge in [-0.15, -0.1) is 0 Å². The van der Waals surface area contributed by atoms with E-state index in [1.807, 2.05) is 37.3 Å². The predicted octanol–water partition coefficient (Wildman–Crippen LogP) is 2.41. The molecular formula is C15H17N3O. The molecular weight excluding hydrogens is 238 g/mol. The molecule has 98 valence electrons. The Morgan fingerprint density at radius 3 is 2.47 bits per heavy atom. The largest absolute Gasteiger partial charge is 0.345 e. The van der Waals surface area contributed by atoms with Crippen LogP contribution in [0.1, 0.15) is 23.1 Å². The molecule has 1 amide bonds. The molecule has 2 rings (SSSR count). The van der Waals surface area contributed by atoms with Crippen molar-refractivity contribution in [2.75, 3.05) is 14.1 Å². The van der Waals surface area contributed by atoms with Crippen molar-refractivity contribution in [2.45, 2.75) is 13.3 Å². The predicted molar refractivity (Wildman–Crippen MR) is 74.9 cm³/mol. The van der Waals surface area contributed by atoms with Gasteiger partial charge in [0.25, 0.3) is 5.91 Å². The summed E-state index contributed by atoms with van der Waals surface area (Å²) in [4.78, 5) is 22.5. The van der Waals surface area contributed by atoms with Crippen molar-refractivity contribution in [2.24, 2.45) is 0 Å². The van der Waals surface area contributed by atoms with Crippen LogP contribution in [0, 0.1) is 0 Å². The maximum absolute atomic E-state index is 12.2. The van der Waals surface area contributed by atoms with E-state index in [0.29, 0.717) is 11.3 Å². The highest BCUT2D eigenvalue weighted by Gasteiger charge is 2.17. The molecule has 0 fully saturated rings. The minimum absolute atomic E-state index is 0.0819. The number of amides is 1. The number of rotatable bonds is 3. The van der Waals surface area contributed by atoms with E-state index in [1.54, 1.807) is 20.3 Å². The summed E-state index contributed by atoms with van der Waals surface area (Å²) in [6, 6.07) is 9.72. The Bertz CT molecular complexity index is 579. The van der Waals surface area contributed by atoms with Gasteiger partial charge in [-0.2, -0.15) is 0 Å². The van der Waals surface area contributed by atoms with E-state index in [-0.39, 0.29) is 5.91 Å². The molecule has 0 aliphatic rings. The van der Waals surface area contributed by atoms with E-state index in [1.165, 1.54) is 4.90 Å². The molecule has 0 aliphatic heterocycles. The van der Waals surface area contributed by atoms with E-state index in [2.05, 4.69) is 9.97 Å². The molecule has 0 radical (unpaired) electrons. The molecule has 0 saturated heterocycles. The number of hydrogen-bond donors (Lipinski definition) is 0. The first-order valence-corrected chi connectivity index (χ1v) is 6.26. The van der Waals surface area contributed by atoms with Crippen LogP contribution in [-0.4, -0.2) is 34.9 Å². The summed E-state index contributed by atoms with van der Waals surface area (Å²) in [6.07, 6.45) is 2.37. The molecule has 0 bridgehead atoms. The molecule has 1 heterocycles. The van der Waals surface area contributed by atoms with Crippen molar-refractivity contribution < 1.29 is 4.79 Å². The molecule has 0 unspecified atom stereocenters. The number of hydrogen-bond acceptors (Lipinski definition) is 3. The molecule has 0 saturated carbocycles. The van der Waals surface area contributed by atoms with Gasteiger partial charge in [-0.1, -0.05) is 37.3 Å². The summed E-state index contributed by atoms with van der Waals surface area (Å²) >= 11 is 0. The molecule has 0 atom stereocenters. The van der Waals surface area contributed by atoms with Gasteiger partial charge in [-0.25, -0.2) is 9.97 Å². The van der Waals surface area contributed by atoms with Crippen molar-refractivity contribution in [1.82, 2.24) is 14.9 Å². The zero-order valence-electron chi connectivity index (χ0n) is 11.4. The standard InChI is InChI=1S/C15H17N3O/c1-4-13-16-10-12(15(19)18(2)3)14(17-13)11-8-6-5-7-9-11/h5-10H,4H2,1-3H3. The number of carbonyl (C=O) groups excluding carboxylic acids is 1. The number of aromatic nitrogens is 2. The summed E-state index contributed by atoms with van der Waals surface area (Å²) in [5, 5.41) is 0. The lowest BCUT2D eigenvalue weighted by atomic mass is 10.1. The fourth-order valence-electron chi connectivity index (χ4n) is 1.80. The first-order valence-electron chi connectivity index (χ1n) is 6.26. The monoisotopic (exact) mass is 255 g/mol. The van der Waals surface area contributed by atoms with Crippen molar-refractivity contribution in [3.8, 4) is 11.3 Å². The van der Waals surface area contributed by atoms with Gasteiger partial charge in [0, 0.05) is 32.3 Å². The summed E-state index contributed by atoms with van der Waals surface area (Å²) in [6.45, 7) is 2.00. The normalized spacial score (nSPS) is 10.3. The smallest absolute Gasteiger partial charge is 0.257 e. The fraction of sp³-hybridized carbons (Fsp3) is 0.267. The highest BCUT2D eigenvalue weighted by molar-refractivity contribution is 5.99. The summed E-state index contributed by atoms with van der Waals surface area (Å²) in [5.41, 5.74) is 2.17. The van der Waals surface area contributed by atoms with Crippen LogP contribution < -0.4 is 0 Å². The molecule has 4 heteroatoms. The van der Waals surface area contributed by atoms with E-state index < -0.39 is 0 Å². The quantitative estimate of drug-likeness (QED) is 0.846. The highest BCUT2D eigenvalue weighted by atomic mass is 16.2. The van der Waals surface area contributed by atoms with Gasteiger partial charge in [-0.05, 0) is 0 Å². The molecule has 1 aromatic heterocycles. The Balaban J connectivity index is 2.58. The Labute approximate surface area is 113 Å². The van der Waals surface area contributed by atoms with Crippen LogP contribution in [0.4, 0.5) is 0 Å². The third-order valence-electron chi connectivity index (χ3n) is 2.84. The van der Waals surface area contributed by atoms with Gasteiger partial charge >= 0.3 is 0 Å². The van der Waals surface area contributed by atoms with Crippen LogP contribution in [0.5, 0.6) is 0 Å². The fourth-order valence-corrected chi connectivity index (χ4v) is 1.80. The van der Waals surface area contributed by atoms with Crippen LogP contribution in [0.25, 0.3) is 11.3 Å². The minimum atomic E-state index is -0.0819. The number of aryl methyl sites for hydroxylation is 1. The average Bonchev–Trinajstić information content (AvgIpc) is 2.46. The first-order chi connectivity index (χ1) is 9.13. The van der Waals surface area contributed by atoms with Crippen LogP contribution in [-0.2, 0) is 6.42 Å². The highest BCUT2D eigenvalue weighted by Crippen LogP contribution is 2.21. The summed E-state index contributed by atoms with van der Waals surface area (Å²) in [7, 11) is 3.45. The van der Waals surface area contributed by atoms with Crippen LogP contribution in [0.3, 0.4) is 0 Å². The van der Waals surface area contributed by atoms with E-state index in [0.717, 1.165) is 17.8 Å². The number of benzene rings is 1. The molecule has 0 spiro atoms. The second-order valence-electron chi connectivity index (χ2n) is 4.47. The second-order valence-corrected chi connectivity index (χ2v) is 4.47. The third-order valence-corrected chi connectivity index (χ3v) is 2.84. The zero-order valence-corrected chi connectivity index (χ0v) is 11.4. The first kappa shape index (κ1) is 13.2. The van der Waals surface area contributed by atoms with E-state index >= 15 is 0 Å². The SMILES string of the molecule is CCc1ncc(C(=O)N(C)C)c(-c2ccccc2)n1. The van der Waals surface area contributed by atoms with Gasteiger partial charge in [-0.3, -0.25) is 4.79 Å². The maximum atomic E-state index is 12.2. The van der Waals surface area contributed by atoms with Crippen LogP contribution >= 0.6 is 0 Å². The van der Waals surface area contributed by atoms with Crippen LogP contribution in [0.15, 0.2) is 36.5 Å². The molecule has 0 aliphatic carbocycles. The molecule has 0 N–H and O–H groups in total. The lowest BCUT2D eigenvalue weighted by Crippen LogP contribution is -2.23. The Morgan fingerprint density at radius 2 is 1.89 bits per heavy atom. The van der Waals surface area contributed by atoms with Crippen LogP contribution in [0.2, 0.25) is 0 Å². The zero-order chi connectivity index (χ0) is 13.8. The molecule has 2 aromatic rings. The van der Waals surface area contributed by atoms with Gasteiger partial charge in [0.05, 0.1) is 11.3 Å². The van der Waals surface area contributed by atoms with Gasteiger partial charge in [0.15, 0.2) is 0 Å². The average molecular weight is 255 g/mol. The molecule has 1 aromatic carbocycles. The minimum Gasteiger partial charge on any atom is -0.345 e. The Hall–Kier alpha value is -2.23. The molecule has 19 heavy (non-hydrogen) atoms. The number of nitrogens with zero attached hydrogens (tertiary/aromatic N) is 3.